The summed E-state index contributed by atoms with van der Waals surface area (Å²) in [5, 5.41) is 27.0. The summed E-state index contributed by atoms with van der Waals surface area (Å²) in [7, 11) is 0. The van der Waals surface area contributed by atoms with Crippen LogP contribution < -0.4 is 29.6 Å². The minimum absolute atomic E-state index is 0. The number of rotatable bonds is 1. The van der Waals surface area contributed by atoms with Crippen LogP contribution in [-0.2, 0) is 15.8 Å². The molecule has 0 saturated carbocycles. The molecule has 1 heterocycles. The molecule has 0 spiro atoms. The summed E-state index contributed by atoms with van der Waals surface area (Å²) < 4.78 is 25.2. The van der Waals surface area contributed by atoms with Crippen molar-refractivity contribution in [3.63, 3.8) is 0 Å². The molecular weight excluding hydrogens is 211 g/mol. The van der Waals surface area contributed by atoms with Gasteiger partial charge in [0, 0.05) is 0 Å². The van der Waals surface area contributed by atoms with Gasteiger partial charge in [0.25, 0.3) is 0 Å². The fraction of sp³-hybridized carbons (Fsp3) is 1.00. The third-order valence-corrected chi connectivity index (χ3v) is 2.44. The normalized spacial score (nSPS) is 42.2. The summed E-state index contributed by atoms with van der Waals surface area (Å²) in [6.07, 6.45) is -4.30. The van der Waals surface area contributed by atoms with Gasteiger partial charge in [-0.1, -0.05) is 0 Å². The zero-order valence-electron chi connectivity index (χ0n) is 6.99. The van der Waals surface area contributed by atoms with Crippen molar-refractivity contribution in [2.45, 2.75) is 23.7 Å². The molecule has 0 aromatic heterocycles. The number of aliphatic hydroxyl groups excluding tert-OH is 3. The van der Waals surface area contributed by atoms with Crippen LogP contribution in [0.2, 0.25) is 0 Å². The molecule has 1 saturated heterocycles. The molecule has 0 amide bonds. The first-order valence-corrected chi connectivity index (χ1v) is 4.41. The summed E-state index contributed by atoms with van der Waals surface area (Å²) in [5.74, 6) is 0. The van der Waals surface area contributed by atoms with E-state index in [0.29, 0.717) is 0 Å². The van der Waals surface area contributed by atoms with Gasteiger partial charge in [0.2, 0.25) is 0 Å². The molecule has 2 unspecified atom stereocenters. The Morgan fingerprint density at radius 2 is 1.85 bits per heavy atom. The maximum Gasteiger partial charge on any atom is 1.00 e. The van der Waals surface area contributed by atoms with E-state index in [9.17, 15) is 8.76 Å². The third-order valence-electron chi connectivity index (χ3n) is 1.64. The van der Waals surface area contributed by atoms with Crippen molar-refractivity contribution >= 4 is 11.1 Å². The predicted octanol–water partition coefficient (Wildman–Crippen LogP) is -5.69. The Morgan fingerprint density at radius 1 is 1.31 bits per heavy atom. The summed E-state index contributed by atoms with van der Waals surface area (Å²) in [6, 6.07) is 0. The van der Waals surface area contributed by atoms with E-state index in [0.717, 1.165) is 0 Å². The van der Waals surface area contributed by atoms with E-state index in [1.165, 1.54) is 0 Å². The molecule has 3 N–H and O–H groups in total. The first-order chi connectivity index (χ1) is 5.54. The minimum Gasteiger partial charge on any atom is -0.770 e. The topological polar surface area (TPSA) is 110 Å². The Hall–Kier alpha value is 0.950. The van der Waals surface area contributed by atoms with E-state index >= 15 is 0 Å². The second-order valence-corrected chi connectivity index (χ2v) is 3.50. The van der Waals surface area contributed by atoms with Crippen molar-refractivity contribution in [1.29, 1.82) is 0 Å². The molecular formula is C5H9NaO6S. The molecule has 0 aromatic rings. The van der Waals surface area contributed by atoms with E-state index in [4.69, 9.17) is 15.3 Å². The van der Waals surface area contributed by atoms with Crippen molar-refractivity contribution in [2.24, 2.45) is 0 Å². The summed E-state index contributed by atoms with van der Waals surface area (Å²) in [4.78, 5) is 0. The van der Waals surface area contributed by atoms with Crippen LogP contribution in [0, 0.1) is 0 Å². The van der Waals surface area contributed by atoms with E-state index < -0.39 is 34.8 Å². The quantitative estimate of drug-likeness (QED) is 0.300. The van der Waals surface area contributed by atoms with Crippen molar-refractivity contribution in [3.05, 3.63) is 0 Å². The van der Waals surface area contributed by atoms with Crippen LogP contribution in [-0.4, -0.2) is 54.4 Å². The van der Waals surface area contributed by atoms with Crippen LogP contribution in [0.5, 0.6) is 0 Å². The van der Waals surface area contributed by atoms with Gasteiger partial charge in [-0.05, 0) is 11.1 Å². The molecule has 1 aliphatic heterocycles. The van der Waals surface area contributed by atoms with Crippen LogP contribution >= 0.6 is 0 Å². The summed E-state index contributed by atoms with van der Waals surface area (Å²) in [5.41, 5.74) is -1.46. The molecule has 72 valence electrons. The molecule has 1 fully saturated rings. The number of hydrogen-bond donors (Lipinski definition) is 3. The second kappa shape index (κ2) is 5.74. The average molecular weight is 220 g/mol. The van der Waals surface area contributed by atoms with Crippen LogP contribution in [0.3, 0.4) is 0 Å². The number of aliphatic hydroxyl groups is 3. The number of hydrogen-bond acceptors (Lipinski definition) is 6. The largest absolute Gasteiger partial charge is 1.00 e. The van der Waals surface area contributed by atoms with Gasteiger partial charge < -0.3 is 24.6 Å². The van der Waals surface area contributed by atoms with Gasteiger partial charge >= 0.3 is 29.6 Å². The maximum absolute atomic E-state index is 10.3. The summed E-state index contributed by atoms with van der Waals surface area (Å²) in [6.45, 7) is -0.295. The fourth-order valence-corrected chi connectivity index (χ4v) is 1.53. The molecule has 0 radical (unpaired) electrons. The van der Waals surface area contributed by atoms with Gasteiger partial charge in [-0.2, -0.15) is 0 Å². The van der Waals surface area contributed by atoms with Gasteiger partial charge in [-0.15, -0.1) is 0 Å². The van der Waals surface area contributed by atoms with Crippen LogP contribution in [0.25, 0.3) is 0 Å². The Morgan fingerprint density at radius 3 is 2.31 bits per heavy atom. The first kappa shape index (κ1) is 13.9. The smallest absolute Gasteiger partial charge is 0.770 e. The molecule has 8 heteroatoms. The Kier molecular flexibility index (Phi) is 6.16. The Labute approximate surface area is 99.5 Å². The molecule has 6 nitrogen and oxygen atoms in total. The van der Waals surface area contributed by atoms with Crippen molar-refractivity contribution < 1.29 is 58.4 Å². The zero-order chi connectivity index (χ0) is 9.30. The van der Waals surface area contributed by atoms with Crippen LogP contribution in [0.4, 0.5) is 0 Å². The molecule has 1 aliphatic rings. The van der Waals surface area contributed by atoms with Crippen LogP contribution in [0.15, 0.2) is 0 Å². The van der Waals surface area contributed by atoms with Gasteiger partial charge in [-0.25, -0.2) is 0 Å². The van der Waals surface area contributed by atoms with Gasteiger partial charge in [0.05, 0.1) is 6.61 Å². The maximum atomic E-state index is 10.3. The Balaban J connectivity index is 0.00000144. The van der Waals surface area contributed by atoms with Gasteiger partial charge in [-0.3, -0.25) is 4.21 Å². The SMILES string of the molecule is O=S([O-])C1OC[C@@H](O)[C@H](O)[C@H]1O.[Na+]. The average Bonchev–Trinajstić information content (AvgIpc) is 2.00. The fourth-order valence-electron chi connectivity index (χ4n) is 0.949. The van der Waals surface area contributed by atoms with E-state index in [2.05, 4.69) is 4.74 Å². The zero-order valence-corrected chi connectivity index (χ0v) is 9.81. The van der Waals surface area contributed by atoms with Crippen LogP contribution in [0.1, 0.15) is 0 Å². The van der Waals surface area contributed by atoms with Crippen molar-refractivity contribution in [1.82, 2.24) is 0 Å². The monoisotopic (exact) mass is 220 g/mol. The standard InChI is InChI=1S/C5H10O6S.Na/c6-2-1-11-5(12(9)10)4(8)3(2)7;/h2-8H,1H2,(H,9,10);/q;+1/p-1/t2-,3+,4-,5?;/m1./s1. The van der Waals surface area contributed by atoms with E-state index in [1.54, 1.807) is 0 Å². The van der Waals surface area contributed by atoms with E-state index in [1.807, 2.05) is 0 Å². The van der Waals surface area contributed by atoms with Gasteiger partial charge in [0.15, 0.2) is 0 Å². The minimum atomic E-state index is -2.61. The third kappa shape index (κ3) is 3.22. The molecule has 0 aromatic carbocycles. The molecule has 5 atom stereocenters. The first-order valence-electron chi connectivity index (χ1n) is 3.28. The summed E-state index contributed by atoms with van der Waals surface area (Å²) >= 11 is -2.61. The number of ether oxygens (including phenoxy) is 1. The van der Waals surface area contributed by atoms with Crippen molar-refractivity contribution in [2.75, 3.05) is 6.61 Å². The van der Waals surface area contributed by atoms with E-state index in [-0.39, 0.29) is 36.2 Å². The molecule has 0 bridgehead atoms. The van der Waals surface area contributed by atoms with Crippen molar-refractivity contribution in [3.8, 4) is 0 Å². The predicted molar refractivity (Wildman–Crippen MR) is 36.7 cm³/mol. The molecule has 13 heavy (non-hydrogen) atoms. The second-order valence-electron chi connectivity index (χ2n) is 2.51. The molecule has 1 rings (SSSR count). The van der Waals surface area contributed by atoms with Gasteiger partial charge in [0.1, 0.15) is 23.7 Å². The Bertz CT molecular complexity index is 190. The molecule has 0 aliphatic carbocycles.